The number of amides is 1. The molecule has 1 aromatic carbocycles. The fourth-order valence-corrected chi connectivity index (χ4v) is 3.46. The van der Waals surface area contributed by atoms with Crippen LogP contribution >= 0.6 is 11.3 Å². The van der Waals surface area contributed by atoms with E-state index in [-0.39, 0.29) is 23.8 Å². The lowest BCUT2D eigenvalue weighted by Crippen LogP contribution is -2.31. The molecule has 6 nitrogen and oxygen atoms in total. The molecule has 26 heavy (non-hydrogen) atoms. The van der Waals surface area contributed by atoms with Crippen LogP contribution in [0, 0.1) is 0 Å². The van der Waals surface area contributed by atoms with Gasteiger partial charge in [-0.15, -0.1) is 11.3 Å². The first-order chi connectivity index (χ1) is 12.7. The van der Waals surface area contributed by atoms with Crippen molar-refractivity contribution in [1.29, 1.82) is 0 Å². The lowest BCUT2D eigenvalue weighted by atomic mass is 10.2. The Kier molecular flexibility index (Phi) is 4.37. The maximum atomic E-state index is 12.8. The summed E-state index contributed by atoms with van der Waals surface area (Å²) >= 11 is 1.57. The maximum Gasteiger partial charge on any atom is 0.290 e. The van der Waals surface area contributed by atoms with Gasteiger partial charge in [0.2, 0.25) is 0 Å². The van der Waals surface area contributed by atoms with Crippen LogP contribution in [0.5, 0.6) is 0 Å². The second-order valence-electron chi connectivity index (χ2n) is 5.75. The summed E-state index contributed by atoms with van der Waals surface area (Å²) in [6.07, 6.45) is 1.46. The van der Waals surface area contributed by atoms with Crippen molar-refractivity contribution in [3.63, 3.8) is 0 Å². The maximum absolute atomic E-state index is 12.8. The van der Waals surface area contributed by atoms with Crippen LogP contribution in [0.1, 0.15) is 21.3 Å². The average Bonchev–Trinajstić information content (AvgIpc) is 3.35. The quantitative estimate of drug-likeness (QED) is 0.588. The van der Waals surface area contributed by atoms with Gasteiger partial charge in [-0.2, -0.15) is 0 Å². The third kappa shape index (κ3) is 3.29. The lowest BCUT2D eigenvalue weighted by molar-refractivity contribution is 0.0695. The predicted octanol–water partition coefficient (Wildman–Crippen LogP) is 3.42. The number of thiophene rings is 1. The summed E-state index contributed by atoms with van der Waals surface area (Å²) in [6, 6.07) is 14.3. The number of H-pyrrole nitrogens is 1. The highest BCUT2D eigenvalue weighted by Crippen LogP contribution is 2.17. The molecule has 0 radical (unpaired) electrons. The first-order valence-corrected chi connectivity index (χ1v) is 8.92. The van der Waals surface area contributed by atoms with Gasteiger partial charge >= 0.3 is 0 Å². The van der Waals surface area contributed by atoms with Crippen LogP contribution in [-0.2, 0) is 13.1 Å². The van der Waals surface area contributed by atoms with E-state index in [0.29, 0.717) is 23.3 Å². The molecule has 4 aromatic rings. The summed E-state index contributed by atoms with van der Waals surface area (Å²) in [7, 11) is 0. The van der Waals surface area contributed by atoms with Crippen LogP contribution in [-0.4, -0.2) is 20.8 Å². The number of hydrogen-bond acceptors (Lipinski definition) is 5. The largest absolute Gasteiger partial charge is 0.459 e. The standard InChI is InChI=1S/C19H15N3O3S/c23-18-14-6-1-2-7-15(14)20-17(21-18)12-22(11-13-5-4-10-26-13)19(24)16-8-3-9-25-16/h1-10H,11-12H2,(H,20,21,23). The topological polar surface area (TPSA) is 79.2 Å². The Morgan fingerprint density at radius 1 is 1.12 bits per heavy atom. The van der Waals surface area contributed by atoms with E-state index in [9.17, 15) is 9.59 Å². The molecule has 0 saturated carbocycles. The van der Waals surface area contributed by atoms with Crippen LogP contribution < -0.4 is 5.56 Å². The molecular weight excluding hydrogens is 350 g/mol. The Morgan fingerprint density at radius 2 is 2.00 bits per heavy atom. The Morgan fingerprint density at radius 3 is 2.77 bits per heavy atom. The summed E-state index contributed by atoms with van der Waals surface area (Å²) in [5, 5.41) is 2.49. The minimum atomic E-state index is -0.251. The number of fused-ring (bicyclic) bond motifs is 1. The van der Waals surface area contributed by atoms with Crippen molar-refractivity contribution in [3.8, 4) is 0 Å². The summed E-state index contributed by atoms with van der Waals surface area (Å²) < 4.78 is 5.25. The van der Waals surface area contributed by atoms with E-state index in [1.807, 2.05) is 23.6 Å². The molecule has 1 amide bonds. The van der Waals surface area contributed by atoms with Gasteiger partial charge in [0.1, 0.15) is 5.82 Å². The van der Waals surface area contributed by atoms with Crippen molar-refractivity contribution < 1.29 is 9.21 Å². The van der Waals surface area contributed by atoms with Crippen molar-refractivity contribution in [2.45, 2.75) is 13.1 Å². The predicted molar refractivity (Wildman–Crippen MR) is 99.0 cm³/mol. The highest BCUT2D eigenvalue weighted by atomic mass is 32.1. The van der Waals surface area contributed by atoms with Crippen molar-refractivity contribution in [2.24, 2.45) is 0 Å². The normalized spacial score (nSPS) is 10.9. The number of hydrogen-bond donors (Lipinski definition) is 1. The number of benzene rings is 1. The third-order valence-corrected chi connectivity index (χ3v) is 4.81. The summed E-state index contributed by atoms with van der Waals surface area (Å²) in [5.41, 5.74) is 0.389. The monoisotopic (exact) mass is 365 g/mol. The first kappa shape index (κ1) is 16.3. The molecule has 7 heteroatoms. The van der Waals surface area contributed by atoms with Crippen LogP contribution in [0.15, 0.2) is 69.4 Å². The molecule has 0 spiro atoms. The molecule has 1 N–H and O–H groups in total. The second kappa shape index (κ2) is 6.97. The first-order valence-electron chi connectivity index (χ1n) is 8.04. The Labute approximate surface area is 152 Å². The molecule has 130 valence electrons. The SMILES string of the molecule is O=C(c1ccco1)N(Cc1nc2ccccc2c(=O)[nH]1)Cc1cccs1. The van der Waals surface area contributed by atoms with Gasteiger partial charge < -0.3 is 14.3 Å². The number of rotatable bonds is 5. The zero-order chi connectivity index (χ0) is 17.9. The highest BCUT2D eigenvalue weighted by Gasteiger charge is 2.20. The Balaban J connectivity index is 1.68. The van der Waals surface area contributed by atoms with E-state index in [0.717, 1.165) is 4.88 Å². The average molecular weight is 365 g/mol. The molecule has 0 aliphatic rings. The van der Waals surface area contributed by atoms with Gasteiger partial charge in [0.25, 0.3) is 11.5 Å². The molecule has 3 aromatic heterocycles. The molecule has 0 bridgehead atoms. The van der Waals surface area contributed by atoms with Gasteiger partial charge in [-0.25, -0.2) is 4.98 Å². The molecule has 0 fully saturated rings. The minimum absolute atomic E-state index is 0.178. The third-order valence-electron chi connectivity index (χ3n) is 3.95. The van der Waals surface area contributed by atoms with Crippen LogP contribution in [0.4, 0.5) is 0 Å². The fourth-order valence-electron chi connectivity index (χ4n) is 2.74. The van der Waals surface area contributed by atoms with E-state index in [4.69, 9.17) is 4.42 Å². The smallest absolute Gasteiger partial charge is 0.290 e. The van der Waals surface area contributed by atoms with Crippen molar-refractivity contribution in [2.75, 3.05) is 0 Å². The van der Waals surface area contributed by atoms with Crippen molar-refractivity contribution >= 4 is 28.1 Å². The molecule has 4 rings (SSSR count). The number of aromatic amines is 1. The van der Waals surface area contributed by atoms with Gasteiger partial charge in [-0.3, -0.25) is 9.59 Å². The van der Waals surface area contributed by atoms with E-state index in [1.165, 1.54) is 6.26 Å². The van der Waals surface area contributed by atoms with E-state index >= 15 is 0 Å². The molecule has 0 saturated heterocycles. The van der Waals surface area contributed by atoms with E-state index < -0.39 is 0 Å². The number of nitrogens with one attached hydrogen (secondary N) is 1. The van der Waals surface area contributed by atoms with Gasteiger partial charge in [-0.1, -0.05) is 18.2 Å². The molecule has 0 atom stereocenters. The Hall–Kier alpha value is -3.19. The van der Waals surface area contributed by atoms with E-state index in [2.05, 4.69) is 9.97 Å². The number of aromatic nitrogens is 2. The number of nitrogens with zero attached hydrogens (tertiary/aromatic N) is 2. The van der Waals surface area contributed by atoms with Gasteiger partial charge in [0.15, 0.2) is 5.76 Å². The molecule has 0 aliphatic heterocycles. The van der Waals surface area contributed by atoms with Crippen LogP contribution in [0.2, 0.25) is 0 Å². The molecule has 0 aliphatic carbocycles. The number of carbonyl (C=O) groups excluding carboxylic acids is 1. The zero-order valence-electron chi connectivity index (χ0n) is 13.7. The van der Waals surface area contributed by atoms with Gasteiger partial charge in [0.05, 0.1) is 30.3 Å². The van der Waals surface area contributed by atoms with Crippen LogP contribution in [0.25, 0.3) is 10.9 Å². The Bertz CT molecular complexity index is 1080. The molecule has 0 unspecified atom stereocenters. The zero-order valence-corrected chi connectivity index (χ0v) is 14.5. The van der Waals surface area contributed by atoms with E-state index in [1.54, 1.807) is 46.6 Å². The molecular formula is C19H15N3O3S. The number of carbonyl (C=O) groups is 1. The number of para-hydroxylation sites is 1. The fraction of sp³-hybridized carbons (Fsp3) is 0.105. The number of furan rings is 1. The van der Waals surface area contributed by atoms with Crippen molar-refractivity contribution in [1.82, 2.24) is 14.9 Å². The second-order valence-corrected chi connectivity index (χ2v) is 6.78. The summed E-state index contributed by atoms with van der Waals surface area (Å²) in [6.45, 7) is 0.589. The van der Waals surface area contributed by atoms with Gasteiger partial charge in [-0.05, 0) is 35.7 Å². The minimum Gasteiger partial charge on any atom is -0.459 e. The van der Waals surface area contributed by atoms with Gasteiger partial charge in [0, 0.05) is 4.88 Å². The highest BCUT2D eigenvalue weighted by molar-refractivity contribution is 7.09. The van der Waals surface area contributed by atoms with Crippen LogP contribution in [0.3, 0.4) is 0 Å². The van der Waals surface area contributed by atoms with Crippen molar-refractivity contribution in [3.05, 3.63) is 87.0 Å². The summed E-state index contributed by atoms with van der Waals surface area (Å²) in [5.74, 6) is 0.439. The summed E-state index contributed by atoms with van der Waals surface area (Å²) in [4.78, 5) is 35.0. The molecule has 3 heterocycles. The lowest BCUT2D eigenvalue weighted by Gasteiger charge is -2.20.